The number of hydrogen-bond acceptors (Lipinski definition) is 4. The molecule has 2 saturated heterocycles. The van der Waals surface area contributed by atoms with Crippen LogP contribution < -0.4 is 10.1 Å². The third kappa shape index (κ3) is 5.45. The third-order valence-electron chi connectivity index (χ3n) is 5.64. The van der Waals surface area contributed by atoms with Crippen LogP contribution >= 0.6 is 0 Å². The lowest BCUT2D eigenvalue weighted by atomic mass is 10.00. The standard InChI is InChI=1S/C21H31N3O3/c1-16-4-3-11-24(14-16)20(25)15-23-12-9-18(10-13-23)22-21(26)17-5-7-19(27-2)8-6-17/h5-8,16,18H,3-4,9-15H2,1-2H3,(H,22,26)/t16-/m1/s1. The van der Waals surface area contributed by atoms with Crippen molar-refractivity contribution in [3.8, 4) is 5.75 Å². The van der Waals surface area contributed by atoms with Gasteiger partial charge in [-0.25, -0.2) is 0 Å². The first-order valence-corrected chi connectivity index (χ1v) is 10.00. The van der Waals surface area contributed by atoms with E-state index in [0.29, 0.717) is 18.0 Å². The van der Waals surface area contributed by atoms with Crippen molar-refractivity contribution in [2.24, 2.45) is 5.92 Å². The van der Waals surface area contributed by atoms with Crippen molar-refractivity contribution in [2.45, 2.75) is 38.6 Å². The lowest BCUT2D eigenvalue weighted by Gasteiger charge is -2.35. The van der Waals surface area contributed by atoms with Crippen molar-refractivity contribution in [2.75, 3.05) is 39.8 Å². The van der Waals surface area contributed by atoms with Gasteiger partial charge < -0.3 is 15.0 Å². The fourth-order valence-electron chi connectivity index (χ4n) is 3.95. The molecule has 2 heterocycles. The van der Waals surface area contributed by atoms with Crippen LogP contribution in [-0.2, 0) is 4.79 Å². The van der Waals surface area contributed by atoms with Crippen LogP contribution in [0.3, 0.4) is 0 Å². The lowest BCUT2D eigenvalue weighted by molar-refractivity contribution is -0.134. The predicted octanol–water partition coefficient (Wildman–Crippen LogP) is 2.15. The molecule has 6 heteroatoms. The Morgan fingerprint density at radius 2 is 1.81 bits per heavy atom. The highest BCUT2D eigenvalue weighted by molar-refractivity contribution is 5.94. The van der Waals surface area contributed by atoms with Crippen LogP contribution in [-0.4, -0.2) is 67.5 Å². The SMILES string of the molecule is COc1ccc(C(=O)NC2CCN(CC(=O)N3CCC[C@@H](C)C3)CC2)cc1. The third-order valence-corrected chi connectivity index (χ3v) is 5.64. The monoisotopic (exact) mass is 373 g/mol. The van der Waals surface area contributed by atoms with Crippen molar-refractivity contribution in [1.29, 1.82) is 0 Å². The molecule has 2 fully saturated rings. The number of amides is 2. The molecule has 0 radical (unpaired) electrons. The summed E-state index contributed by atoms with van der Waals surface area (Å²) in [4.78, 5) is 29.1. The van der Waals surface area contributed by atoms with E-state index < -0.39 is 0 Å². The van der Waals surface area contributed by atoms with Crippen LogP contribution in [0.4, 0.5) is 0 Å². The molecular weight excluding hydrogens is 342 g/mol. The molecule has 0 unspecified atom stereocenters. The van der Waals surface area contributed by atoms with E-state index in [2.05, 4.69) is 17.1 Å². The average Bonchev–Trinajstić information content (AvgIpc) is 2.69. The van der Waals surface area contributed by atoms with Gasteiger partial charge in [0.1, 0.15) is 5.75 Å². The highest BCUT2D eigenvalue weighted by Crippen LogP contribution is 2.17. The van der Waals surface area contributed by atoms with Gasteiger partial charge in [-0.1, -0.05) is 6.92 Å². The maximum absolute atomic E-state index is 12.5. The number of ether oxygens (including phenoxy) is 1. The first kappa shape index (κ1) is 19.7. The second-order valence-electron chi connectivity index (χ2n) is 7.84. The second kappa shape index (κ2) is 9.22. The Morgan fingerprint density at radius 1 is 1.11 bits per heavy atom. The van der Waals surface area contributed by atoms with Crippen LogP contribution in [0.5, 0.6) is 5.75 Å². The largest absolute Gasteiger partial charge is 0.497 e. The Kier molecular flexibility index (Phi) is 6.72. The molecule has 3 rings (SSSR count). The molecule has 1 aromatic carbocycles. The molecule has 0 aliphatic carbocycles. The van der Waals surface area contributed by atoms with Crippen LogP contribution in [0.1, 0.15) is 43.0 Å². The highest BCUT2D eigenvalue weighted by atomic mass is 16.5. The van der Waals surface area contributed by atoms with E-state index in [0.717, 1.165) is 51.2 Å². The maximum Gasteiger partial charge on any atom is 0.251 e. The maximum atomic E-state index is 12.5. The smallest absolute Gasteiger partial charge is 0.251 e. The van der Waals surface area contributed by atoms with Crippen LogP contribution in [0.15, 0.2) is 24.3 Å². The zero-order chi connectivity index (χ0) is 19.2. The second-order valence-corrected chi connectivity index (χ2v) is 7.84. The van der Waals surface area contributed by atoms with Gasteiger partial charge in [0.05, 0.1) is 13.7 Å². The number of hydrogen-bond donors (Lipinski definition) is 1. The van der Waals surface area contributed by atoms with Crippen molar-refractivity contribution in [3.05, 3.63) is 29.8 Å². The van der Waals surface area contributed by atoms with E-state index in [1.54, 1.807) is 31.4 Å². The van der Waals surface area contributed by atoms with Gasteiger partial charge in [-0.05, 0) is 55.9 Å². The van der Waals surface area contributed by atoms with Crippen LogP contribution in [0.25, 0.3) is 0 Å². The number of carbonyl (C=O) groups is 2. The summed E-state index contributed by atoms with van der Waals surface area (Å²) in [6.07, 6.45) is 4.10. The van der Waals surface area contributed by atoms with Crippen molar-refractivity contribution >= 4 is 11.8 Å². The molecule has 148 valence electrons. The highest BCUT2D eigenvalue weighted by Gasteiger charge is 2.26. The van der Waals surface area contributed by atoms with Gasteiger partial charge in [0, 0.05) is 37.8 Å². The van der Waals surface area contributed by atoms with Crippen LogP contribution in [0.2, 0.25) is 0 Å². The first-order chi connectivity index (χ1) is 13.0. The molecular formula is C21H31N3O3. The number of nitrogens with zero attached hydrogens (tertiary/aromatic N) is 2. The number of rotatable bonds is 5. The normalized spacial score (nSPS) is 21.7. The number of likely N-dealkylation sites (tertiary alicyclic amines) is 2. The number of carbonyl (C=O) groups excluding carboxylic acids is 2. The summed E-state index contributed by atoms with van der Waals surface area (Å²) in [7, 11) is 1.61. The summed E-state index contributed by atoms with van der Waals surface area (Å²) in [5.74, 6) is 1.56. The lowest BCUT2D eigenvalue weighted by Crippen LogP contribution is -2.49. The summed E-state index contributed by atoms with van der Waals surface area (Å²) in [6.45, 7) is 6.22. The molecule has 0 saturated carbocycles. The zero-order valence-corrected chi connectivity index (χ0v) is 16.4. The zero-order valence-electron chi connectivity index (χ0n) is 16.4. The minimum Gasteiger partial charge on any atom is -0.497 e. The molecule has 2 amide bonds. The van der Waals surface area contributed by atoms with Gasteiger partial charge in [-0.3, -0.25) is 14.5 Å². The summed E-state index contributed by atoms with van der Waals surface area (Å²) in [5.41, 5.74) is 0.646. The fourth-order valence-corrected chi connectivity index (χ4v) is 3.95. The quantitative estimate of drug-likeness (QED) is 0.859. The van der Waals surface area contributed by atoms with Gasteiger partial charge in [-0.2, -0.15) is 0 Å². The van der Waals surface area contributed by atoms with Gasteiger partial charge >= 0.3 is 0 Å². The topological polar surface area (TPSA) is 61.9 Å². The Bertz CT molecular complexity index is 639. The Hall–Kier alpha value is -2.08. The van der Waals surface area contributed by atoms with Gasteiger partial charge in [0.15, 0.2) is 0 Å². The van der Waals surface area contributed by atoms with Crippen LogP contribution in [0, 0.1) is 5.92 Å². The van der Waals surface area contributed by atoms with Crippen molar-refractivity contribution in [1.82, 2.24) is 15.1 Å². The number of benzene rings is 1. The number of piperidine rings is 2. The van der Waals surface area contributed by atoms with E-state index in [-0.39, 0.29) is 17.9 Å². The molecule has 1 aromatic rings. The molecule has 6 nitrogen and oxygen atoms in total. The Morgan fingerprint density at radius 3 is 2.44 bits per heavy atom. The molecule has 2 aliphatic heterocycles. The van der Waals surface area contributed by atoms with E-state index in [4.69, 9.17) is 4.74 Å². The van der Waals surface area contributed by atoms with E-state index in [9.17, 15) is 9.59 Å². The van der Waals surface area contributed by atoms with Crippen molar-refractivity contribution in [3.63, 3.8) is 0 Å². The molecule has 0 aromatic heterocycles. The Labute approximate surface area is 161 Å². The summed E-state index contributed by atoms with van der Waals surface area (Å²) in [6, 6.07) is 7.32. The molecule has 1 atom stereocenters. The molecule has 0 spiro atoms. The predicted molar refractivity (Wildman–Crippen MR) is 105 cm³/mol. The molecule has 1 N–H and O–H groups in total. The first-order valence-electron chi connectivity index (χ1n) is 10.00. The van der Waals surface area contributed by atoms with Gasteiger partial charge in [-0.15, -0.1) is 0 Å². The van der Waals surface area contributed by atoms with Gasteiger partial charge in [0.25, 0.3) is 5.91 Å². The molecule has 0 bridgehead atoms. The number of nitrogens with one attached hydrogen (secondary N) is 1. The summed E-state index contributed by atoms with van der Waals surface area (Å²) < 4.78 is 5.12. The molecule has 2 aliphatic rings. The minimum absolute atomic E-state index is 0.0468. The minimum atomic E-state index is -0.0468. The molecule has 27 heavy (non-hydrogen) atoms. The average molecular weight is 373 g/mol. The Balaban J connectivity index is 1.41. The number of methoxy groups -OCH3 is 1. The summed E-state index contributed by atoms with van der Waals surface area (Å²) >= 11 is 0. The summed E-state index contributed by atoms with van der Waals surface area (Å²) in [5, 5.41) is 3.11. The van der Waals surface area contributed by atoms with E-state index in [1.807, 2.05) is 4.90 Å². The van der Waals surface area contributed by atoms with Crippen molar-refractivity contribution < 1.29 is 14.3 Å². The van der Waals surface area contributed by atoms with Gasteiger partial charge in [0.2, 0.25) is 5.91 Å². The van der Waals surface area contributed by atoms with E-state index >= 15 is 0 Å². The fraction of sp³-hybridized carbons (Fsp3) is 0.619. The van der Waals surface area contributed by atoms with E-state index in [1.165, 1.54) is 6.42 Å².